The molecule has 0 saturated carbocycles. The van der Waals surface area contributed by atoms with E-state index < -0.39 is 0 Å². The van der Waals surface area contributed by atoms with Gasteiger partial charge >= 0.3 is 0 Å². The average Bonchev–Trinajstić information content (AvgIpc) is 2.89. The zero-order chi connectivity index (χ0) is 12.8. The molecule has 1 aromatic carbocycles. The predicted octanol–water partition coefficient (Wildman–Crippen LogP) is 1.45. The van der Waals surface area contributed by atoms with Crippen LogP contribution in [0.5, 0.6) is 0 Å². The van der Waals surface area contributed by atoms with E-state index in [1.807, 2.05) is 30.3 Å². The van der Waals surface area contributed by atoms with Crippen molar-refractivity contribution in [1.29, 1.82) is 0 Å². The summed E-state index contributed by atoms with van der Waals surface area (Å²) in [6.07, 6.45) is 1.53. The smallest absolute Gasteiger partial charge is 0.269 e. The number of aromatic nitrogens is 2. The molecular formula is C13H15N3O2. The molecule has 0 aliphatic heterocycles. The van der Waals surface area contributed by atoms with E-state index in [0.717, 1.165) is 5.56 Å². The number of ether oxygens (including phenoxy) is 1. The fourth-order valence-electron chi connectivity index (χ4n) is 1.54. The zero-order valence-corrected chi connectivity index (χ0v) is 10.1. The molecule has 0 bridgehead atoms. The second kappa shape index (κ2) is 5.97. The summed E-state index contributed by atoms with van der Waals surface area (Å²) >= 11 is 0. The normalized spacial score (nSPS) is 10.3. The Morgan fingerprint density at radius 3 is 2.89 bits per heavy atom. The van der Waals surface area contributed by atoms with Crippen molar-refractivity contribution >= 4 is 5.91 Å². The number of carbonyl (C=O) groups is 1. The van der Waals surface area contributed by atoms with E-state index in [-0.39, 0.29) is 5.91 Å². The van der Waals surface area contributed by atoms with Gasteiger partial charge in [-0.25, -0.2) is 4.98 Å². The number of amides is 1. The maximum Gasteiger partial charge on any atom is 0.269 e. The molecule has 5 heteroatoms. The number of nitrogens with zero attached hydrogens (tertiary/aromatic N) is 1. The lowest BCUT2D eigenvalue weighted by Crippen LogP contribution is -2.27. The topological polar surface area (TPSA) is 67.0 Å². The second-order valence-corrected chi connectivity index (χ2v) is 3.76. The Morgan fingerprint density at radius 2 is 2.17 bits per heavy atom. The zero-order valence-electron chi connectivity index (χ0n) is 10.1. The first kappa shape index (κ1) is 12.3. The van der Waals surface area contributed by atoms with Crippen LogP contribution in [0.2, 0.25) is 0 Å². The van der Waals surface area contributed by atoms with Gasteiger partial charge in [0.15, 0.2) is 0 Å². The third kappa shape index (κ3) is 2.95. The lowest BCUT2D eigenvalue weighted by Gasteiger charge is -2.01. The summed E-state index contributed by atoms with van der Waals surface area (Å²) in [6.45, 7) is 0.973. The van der Waals surface area contributed by atoms with Gasteiger partial charge in [0.05, 0.1) is 12.8 Å². The molecule has 0 fully saturated rings. The minimum atomic E-state index is -0.179. The highest BCUT2D eigenvalue weighted by atomic mass is 16.5. The lowest BCUT2D eigenvalue weighted by molar-refractivity contribution is 0.0932. The van der Waals surface area contributed by atoms with Crippen LogP contribution in [0.25, 0.3) is 11.4 Å². The number of nitrogens with one attached hydrogen (secondary N) is 2. The summed E-state index contributed by atoms with van der Waals surface area (Å²) in [5.74, 6) is 0.509. The Hall–Kier alpha value is -2.14. The van der Waals surface area contributed by atoms with Crippen molar-refractivity contribution in [3.8, 4) is 11.4 Å². The molecule has 2 aromatic rings. The molecule has 0 radical (unpaired) electrons. The molecule has 5 nitrogen and oxygen atoms in total. The molecule has 0 atom stereocenters. The van der Waals surface area contributed by atoms with Crippen molar-refractivity contribution < 1.29 is 9.53 Å². The SMILES string of the molecule is COCCNC(=O)c1cnc(-c2ccccc2)[nH]1. The summed E-state index contributed by atoms with van der Waals surface area (Å²) in [4.78, 5) is 18.9. The van der Waals surface area contributed by atoms with Crippen molar-refractivity contribution in [2.24, 2.45) is 0 Å². The molecular weight excluding hydrogens is 230 g/mol. The van der Waals surface area contributed by atoms with Gasteiger partial charge in [-0.1, -0.05) is 30.3 Å². The van der Waals surface area contributed by atoms with Crippen molar-refractivity contribution in [2.45, 2.75) is 0 Å². The van der Waals surface area contributed by atoms with Gasteiger partial charge in [0.25, 0.3) is 5.91 Å². The second-order valence-electron chi connectivity index (χ2n) is 3.76. The van der Waals surface area contributed by atoms with Crippen LogP contribution in [0.4, 0.5) is 0 Å². The summed E-state index contributed by atoms with van der Waals surface area (Å²) in [5, 5.41) is 2.73. The van der Waals surface area contributed by atoms with Gasteiger partial charge in [0, 0.05) is 19.2 Å². The minimum absolute atomic E-state index is 0.179. The first-order valence-corrected chi connectivity index (χ1v) is 5.69. The summed E-state index contributed by atoms with van der Waals surface area (Å²) in [5.41, 5.74) is 1.40. The largest absolute Gasteiger partial charge is 0.383 e. The molecule has 18 heavy (non-hydrogen) atoms. The first-order valence-electron chi connectivity index (χ1n) is 5.69. The van der Waals surface area contributed by atoms with E-state index in [0.29, 0.717) is 24.7 Å². The fraction of sp³-hybridized carbons (Fsp3) is 0.231. The third-order valence-corrected chi connectivity index (χ3v) is 2.46. The first-order chi connectivity index (χ1) is 8.81. The molecule has 1 aromatic heterocycles. The number of aromatic amines is 1. The highest BCUT2D eigenvalue weighted by molar-refractivity contribution is 5.92. The van der Waals surface area contributed by atoms with Crippen LogP contribution in [-0.2, 0) is 4.74 Å². The van der Waals surface area contributed by atoms with Crippen LogP contribution < -0.4 is 5.32 Å². The van der Waals surface area contributed by atoms with Gasteiger partial charge in [-0.2, -0.15) is 0 Å². The fourth-order valence-corrected chi connectivity index (χ4v) is 1.54. The monoisotopic (exact) mass is 245 g/mol. The summed E-state index contributed by atoms with van der Waals surface area (Å²) < 4.78 is 4.86. The Bertz CT molecular complexity index is 508. The Labute approximate surface area is 105 Å². The number of benzene rings is 1. The van der Waals surface area contributed by atoms with E-state index in [2.05, 4.69) is 15.3 Å². The molecule has 0 spiro atoms. The van der Waals surface area contributed by atoms with E-state index in [4.69, 9.17) is 4.74 Å². The Kier molecular flexibility index (Phi) is 4.09. The third-order valence-electron chi connectivity index (χ3n) is 2.46. The number of rotatable bonds is 5. The molecule has 1 heterocycles. The van der Waals surface area contributed by atoms with Gasteiger partial charge < -0.3 is 15.0 Å². The maximum absolute atomic E-state index is 11.7. The Morgan fingerprint density at radius 1 is 1.39 bits per heavy atom. The Balaban J connectivity index is 2.04. The molecule has 0 aliphatic rings. The van der Waals surface area contributed by atoms with Crippen LogP contribution in [0.3, 0.4) is 0 Å². The number of hydrogen-bond acceptors (Lipinski definition) is 3. The molecule has 2 rings (SSSR count). The number of imidazole rings is 1. The van der Waals surface area contributed by atoms with Crippen LogP contribution in [0, 0.1) is 0 Å². The molecule has 94 valence electrons. The number of carbonyl (C=O) groups excluding carboxylic acids is 1. The highest BCUT2D eigenvalue weighted by Gasteiger charge is 2.09. The van der Waals surface area contributed by atoms with Gasteiger partial charge in [-0.15, -0.1) is 0 Å². The molecule has 0 saturated heterocycles. The van der Waals surface area contributed by atoms with E-state index in [1.54, 1.807) is 7.11 Å². The van der Waals surface area contributed by atoms with Crippen molar-refractivity contribution in [1.82, 2.24) is 15.3 Å². The van der Waals surface area contributed by atoms with Crippen molar-refractivity contribution in [3.63, 3.8) is 0 Å². The molecule has 1 amide bonds. The van der Waals surface area contributed by atoms with Crippen molar-refractivity contribution in [3.05, 3.63) is 42.2 Å². The average molecular weight is 245 g/mol. The van der Waals surface area contributed by atoms with Crippen LogP contribution in [0.15, 0.2) is 36.5 Å². The predicted molar refractivity (Wildman–Crippen MR) is 68.2 cm³/mol. The van der Waals surface area contributed by atoms with Gasteiger partial charge in [-0.3, -0.25) is 4.79 Å². The summed E-state index contributed by atoms with van der Waals surface area (Å²) in [7, 11) is 1.59. The number of H-pyrrole nitrogens is 1. The van der Waals surface area contributed by atoms with Crippen LogP contribution in [-0.4, -0.2) is 36.1 Å². The van der Waals surface area contributed by atoms with Gasteiger partial charge in [-0.05, 0) is 0 Å². The quantitative estimate of drug-likeness (QED) is 0.783. The summed E-state index contributed by atoms with van der Waals surface area (Å²) in [6, 6.07) is 9.66. The maximum atomic E-state index is 11.7. The molecule has 2 N–H and O–H groups in total. The van der Waals surface area contributed by atoms with Crippen LogP contribution in [0.1, 0.15) is 10.5 Å². The van der Waals surface area contributed by atoms with E-state index in [1.165, 1.54) is 6.20 Å². The van der Waals surface area contributed by atoms with Gasteiger partial charge in [0.2, 0.25) is 0 Å². The standard InChI is InChI=1S/C13H15N3O2/c1-18-8-7-14-13(17)11-9-15-12(16-11)10-5-3-2-4-6-10/h2-6,9H,7-8H2,1H3,(H,14,17)(H,15,16). The lowest BCUT2D eigenvalue weighted by atomic mass is 10.2. The van der Waals surface area contributed by atoms with Gasteiger partial charge in [0.1, 0.15) is 11.5 Å². The van der Waals surface area contributed by atoms with E-state index >= 15 is 0 Å². The molecule has 0 aliphatic carbocycles. The van der Waals surface area contributed by atoms with E-state index in [9.17, 15) is 4.79 Å². The highest BCUT2D eigenvalue weighted by Crippen LogP contribution is 2.14. The number of hydrogen-bond donors (Lipinski definition) is 2. The van der Waals surface area contributed by atoms with Crippen LogP contribution >= 0.6 is 0 Å². The minimum Gasteiger partial charge on any atom is -0.383 e. The molecule has 0 unspecified atom stereocenters. The van der Waals surface area contributed by atoms with Crippen molar-refractivity contribution in [2.75, 3.05) is 20.3 Å². The number of methoxy groups -OCH3 is 1.